The van der Waals surface area contributed by atoms with E-state index in [1.807, 2.05) is 6.20 Å². The molecule has 1 N–H and O–H groups in total. The first-order valence-corrected chi connectivity index (χ1v) is 10.1. The standard InChI is InChI=1S/C20H25N5O3/c26-19-4-7-24(20(27)22-19)18-11-21-25-8-3-15(10-17(18)25)9-14-1-5-23(6-2-14)16-12-28-13-16/h3,8,10-11,14,16H,1-2,4-7,9,12-13H2,(H,22,26,27). The van der Waals surface area contributed by atoms with E-state index >= 15 is 0 Å². The first-order valence-electron chi connectivity index (χ1n) is 10.1. The molecule has 2 aromatic heterocycles. The number of piperidine rings is 1. The van der Waals surface area contributed by atoms with Crippen LogP contribution in [0.25, 0.3) is 5.52 Å². The number of fused-ring (bicyclic) bond motifs is 1. The highest BCUT2D eigenvalue weighted by atomic mass is 16.5. The number of carbonyl (C=O) groups is 2. The number of urea groups is 1. The summed E-state index contributed by atoms with van der Waals surface area (Å²) in [5.41, 5.74) is 2.94. The first kappa shape index (κ1) is 17.6. The van der Waals surface area contributed by atoms with Crippen molar-refractivity contribution < 1.29 is 14.3 Å². The van der Waals surface area contributed by atoms with Crippen molar-refractivity contribution in [2.45, 2.75) is 31.7 Å². The van der Waals surface area contributed by atoms with Crippen molar-refractivity contribution in [3.63, 3.8) is 0 Å². The molecule has 3 saturated heterocycles. The number of hydrogen-bond acceptors (Lipinski definition) is 5. The Hall–Kier alpha value is -2.45. The number of ether oxygens (including phenoxy) is 1. The number of imide groups is 1. The van der Waals surface area contributed by atoms with Crippen LogP contribution in [0.5, 0.6) is 0 Å². The van der Waals surface area contributed by atoms with E-state index < -0.39 is 0 Å². The van der Waals surface area contributed by atoms with Gasteiger partial charge in [0.2, 0.25) is 5.91 Å². The molecule has 3 aliphatic rings. The second-order valence-electron chi connectivity index (χ2n) is 8.02. The molecule has 5 heterocycles. The molecule has 3 fully saturated rings. The molecule has 0 unspecified atom stereocenters. The number of likely N-dealkylation sites (tertiary alicyclic amines) is 1. The lowest BCUT2D eigenvalue weighted by Gasteiger charge is -2.41. The number of nitrogens with one attached hydrogen (secondary N) is 1. The molecule has 0 aliphatic carbocycles. The van der Waals surface area contributed by atoms with Gasteiger partial charge < -0.3 is 4.74 Å². The van der Waals surface area contributed by atoms with E-state index in [-0.39, 0.29) is 11.9 Å². The lowest BCUT2D eigenvalue weighted by Crippen LogP contribution is -2.51. The summed E-state index contributed by atoms with van der Waals surface area (Å²) in [7, 11) is 0. The fourth-order valence-corrected chi connectivity index (χ4v) is 4.43. The SMILES string of the molecule is O=C1CCN(c2cnn3ccc(CC4CCN(C5COC5)CC4)cc23)C(=O)N1. The quantitative estimate of drug-likeness (QED) is 0.864. The first-order chi connectivity index (χ1) is 13.7. The van der Waals surface area contributed by atoms with Crippen molar-refractivity contribution in [2.75, 3.05) is 37.7 Å². The molecule has 148 valence electrons. The molecule has 0 saturated carbocycles. The zero-order valence-electron chi connectivity index (χ0n) is 15.8. The van der Waals surface area contributed by atoms with E-state index in [1.165, 1.54) is 18.4 Å². The number of amides is 3. The molecule has 0 radical (unpaired) electrons. The Labute approximate surface area is 163 Å². The van der Waals surface area contributed by atoms with Crippen molar-refractivity contribution in [1.29, 1.82) is 0 Å². The summed E-state index contributed by atoms with van der Waals surface area (Å²) in [5.74, 6) is 0.459. The number of rotatable bonds is 4. The zero-order valence-corrected chi connectivity index (χ0v) is 15.8. The van der Waals surface area contributed by atoms with Gasteiger partial charge in [-0.2, -0.15) is 5.10 Å². The molecule has 8 nitrogen and oxygen atoms in total. The maximum absolute atomic E-state index is 12.2. The van der Waals surface area contributed by atoms with E-state index in [4.69, 9.17) is 4.74 Å². The van der Waals surface area contributed by atoms with Gasteiger partial charge in [0.05, 0.1) is 36.7 Å². The van der Waals surface area contributed by atoms with Gasteiger partial charge in [0.25, 0.3) is 0 Å². The predicted octanol–water partition coefficient (Wildman–Crippen LogP) is 1.43. The lowest BCUT2D eigenvalue weighted by atomic mass is 9.89. The van der Waals surface area contributed by atoms with E-state index in [0.717, 1.165) is 43.9 Å². The van der Waals surface area contributed by atoms with Crippen LogP contribution in [0.1, 0.15) is 24.8 Å². The number of hydrogen-bond donors (Lipinski definition) is 1. The van der Waals surface area contributed by atoms with Gasteiger partial charge in [0.1, 0.15) is 0 Å². The molecule has 0 atom stereocenters. The number of anilines is 1. The predicted molar refractivity (Wildman–Crippen MR) is 103 cm³/mol. The van der Waals surface area contributed by atoms with Crippen LogP contribution in [0, 0.1) is 5.92 Å². The third kappa shape index (κ3) is 3.27. The molecule has 0 bridgehead atoms. The van der Waals surface area contributed by atoms with Crippen LogP contribution in [0.4, 0.5) is 10.5 Å². The highest BCUT2D eigenvalue weighted by Crippen LogP contribution is 2.28. The average molecular weight is 383 g/mol. The molecular weight excluding hydrogens is 358 g/mol. The molecule has 5 rings (SSSR count). The Balaban J connectivity index is 1.29. The van der Waals surface area contributed by atoms with E-state index in [1.54, 1.807) is 15.6 Å². The third-order valence-corrected chi connectivity index (χ3v) is 6.22. The van der Waals surface area contributed by atoms with Crippen molar-refractivity contribution in [1.82, 2.24) is 19.8 Å². The maximum atomic E-state index is 12.2. The smallest absolute Gasteiger partial charge is 0.328 e. The van der Waals surface area contributed by atoms with Gasteiger partial charge in [-0.3, -0.25) is 19.9 Å². The van der Waals surface area contributed by atoms with Crippen LogP contribution < -0.4 is 10.2 Å². The van der Waals surface area contributed by atoms with Gasteiger partial charge in [0.15, 0.2) is 0 Å². The molecule has 8 heteroatoms. The summed E-state index contributed by atoms with van der Waals surface area (Å²) in [5, 5.41) is 6.75. The van der Waals surface area contributed by atoms with Gasteiger partial charge in [-0.15, -0.1) is 0 Å². The fraction of sp³-hybridized carbons (Fsp3) is 0.550. The van der Waals surface area contributed by atoms with Crippen molar-refractivity contribution in [3.05, 3.63) is 30.1 Å². The molecule has 3 aliphatic heterocycles. The average Bonchev–Trinajstić information content (AvgIpc) is 3.05. The van der Waals surface area contributed by atoms with Crippen LogP contribution >= 0.6 is 0 Å². The monoisotopic (exact) mass is 383 g/mol. The molecule has 0 aromatic carbocycles. The molecule has 2 aromatic rings. The Kier molecular flexibility index (Phi) is 4.52. The van der Waals surface area contributed by atoms with Crippen molar-refractivity contribution in [2.24, 2.45) is 5.92 Å². The number of nitrogens with zero attached hydrogens (tertiary/aromatic N) is 4. The minimum Gasteiger partial charge on any atom is -0.378 e. The normalized spacial score (nSPS) is 22.5. The molecule has 0 spiro atoms. The van der Waals surface area contributed by atoms with Crippen LogP contribution in [0.3, 0.4) is 0 Å². The van der Waals surface area contributed by atoms with E-state index in [0.29, 0.717) is 24.9 Å². The highest BCUT2D eigenvalue weighted by molar-refractivity contribution is 6.07. The minimum atomic E-state index is -0.371. The number of pyridine rings is 1. The second-order valence-corrected chi connectivity index (χ2v) is 8.02. The largest absolute Gasteiger partial charge is 0.378 e. The summed E-state index contributed by atoms with van der Waals surface area (Å²) >= 11 is 0. The van der Waals surface area contributed by atoms with Crippen molar-refractivity contribution >= 4 is 23.1 Å². The second kappa shape index (κ2) is 7.18. The summed E-state index contributed by atoms with van der Waals surface area (Å²) in [6, 6.07) is 4.52. The fourth-order valence-electron chi connectivity index (χ4n) is 4.43. The van der Waals surface area contributed by atoms with Gasteiger partial charge in [-0.25, -0.2) is 9.31 Å². The maximum Gasteiger partial charge on any atom is 0.328 e. The minimum absolute atomic E-state index is 0.224. The summed E-state index contributed by atoms with van der Waals surface area (Å²) in [6.07, 6.45) is 7.44. The van der Waals surface area contributed by atoms with Gasteiger partial charge in [0, 0.05) is 19.2 Å². The third-order valence-electron chi connectivity index (χ3n) is 6.22. The highest BCUT2D eigenvalue weighted by Gasteiger charge is 2.30. The van der Waals surface area contributed by atoms with Gasteiger partial charge in [-0.1, -0.05) is 0 Å². The Bertz CT molecular complexity index is 898. The zero-order chi connectivity index (χ0) is 19.1. The summed E-state index contributed by atoms with van der Waals surface area (Å²) in [4.78, 5) is 27.8. The Morgan fingerprint density at radius 3 is 2.71 bits per heavy atom. The number of aromatic nitrogens is 2. The van der Waals surface area contributed by atoms with Crippen LogP contribution in [-0.2, 0) is 16.0 Å². The van der Waals surface area contributed by atoms with Crippen LogP contribution in [-0.4, -0.2) is 65.3 Å². The Morgan fingerprint density at radius 1 is 1.18 bits per heavy atom. The van der Waals surface area contributed by atoms with Crippen LogP contribution in [0.15, 0.2) is 24.5 Å². The molecule has 28 heavy (non-hydrogen) atoms. The summed E-state index contributed by atoms with van der Waals surface area (Å²) < 4.78 is 7.11. The van der Waals surface area contributed by atoms with Gasteiger partial charge >= 0.3 is 6.03 Å². The van der Waals surface area contributed by atoms with Gasteiger partial charge in [-0.05, 0) is 56.0 Å². The van der Waals surface area contributed by atoms with E-state index in [2.05, 4.69) is 27.4 Å². The number of carbonyl (C=O) groups excluding carboxylic acids is 2. The lowest BCUT2D eigenvalue weighted by molar-refractivity contribution is -0.120. The van der Waals surface area contributed by atoms with Crippen LogP contribution in [0.2, 0.25) is 0 Å². The summed E-state index contributed by atoms with van der Waals surface area (Å²) in [6.45, 7) is 4.48. The Morgan fingerprint density at radius 2 is 2.00 bits per heavy atom. The van der Waals surface area contributed by atoms with E-state index in [9.17, 15) is 9.59 Å². The molecular formula is C20H25N5O3. The molecule has 3 amide bonds. The topological polar surface area (TPSA) is 79.2 Å². The van der Waals surface area contributed by atoms with Crippen molar-refractivity contribution in [3.8, 4) is 0 Å².